The zero-order chi connectivity index (χ0) is 20.4. The van der Waals surface area contributed by atoms with Crippen LogP contribution in [0.15, 0.2) is 47.1 Å². The van der Waals surface area contributed by atoms with E-state index in [4.69, 9.17) is 18.6 Å². The van der Waals surface area contributed by atoms with Crippen LogP contribution in [0.3, 0.4) is 0 Å². The van der Waals surface area contributed by atoms with Gasteiger partial charge in [-0.15, -0.1) is 11.3 Å². The quantitative estimate of drug-likeness (QED) is 0.418. The standard InChI is InChI=1S/C21H18N2O5S/c1-25-16-8-12(9-17(26-2)20(16)27-3)15(24)10-13-4-5-19(29-13)21-23-14-6-7-22-11-18(14)28-21/h4-9,11H,10H2,1-3H3. The number of hydrogen-bond donors (Lipinski definition) is 0. The van der Waals surface area contributed by atoms with Crippen LogP contribution in [-0.4, -0.2) is 37.1 Å². The minimum absolute atomic E-state index is 0.0561. The third kappa shape index (κ3) is 3.66. The Balaban J connectivity index is 1.58. The molecule has 3 aromatic heterocycles. The molecule has 0 aliphatic carbocycles. The normalized spacial score (nSPS) is 10.9. The Morgan fingerprint density at radius 2 is 1.83 bits per heavy atom. The van der Waals surface area contributed by atoms with Crippen molar-refractivity contribution in [2.75, 3.05) is 21.3 Å². The summed E-state index contributed by atoms with van der Waals surface area (Å²) < 4.78 is 21.7. The molecule has 4 aromatic rings. The van der Waals surface area contributed by atoms with E-state index in [9.17, 15) is 4.79 Å². The van der Waals surface area contributed by atoms with Gasteiger partial charge in [-0.2, -0.15) is 0 Å². The number of methoxy groups -OCH3 is 3. The van der Waals surface area contributed by atoms with Crippen LogP contribution in [0.5, 0.6) is 17.2 Å². The fourth-order valence-electron chi connectivity index (χ4n) is 2.98. The number of nitrogens with zero attached hydrogens (tertiary/aromatic N) is 2. The van der Waals surface area contributed by atoms with Crippen molar-refractivity contribution >= 4 is 28.2 Å². The van der Waals surface area contributed by atoms with E-state index < -0.39 is 0 Å². The Morgan fingerprint density at radius 3 is 2.48 bits per heavy atom. The van der Waals surface area contributed by atoms with Crippen LogP contribution in [0.25, 0.3) is 21.9 Å². The second-order valence-electron chi connectivity index (χ2n) is 6.14. The number of ketones is 1. The highest BCUT2D eigenvalue weighted by Crippen LogP contribution is 2.38. The molecule has 1 aromatic carbocycles. The van der Waals surface area contributed by atoms with Gasteiger partial charge in [-0.25, -0.2) is 4.98 Å². The molecule has 0 saturated heterocycles. The Kier molecular flexibility index (Phi) is 5.18. The van der Waals surface area contributed by atoms with Crippen LogP contribution in [0.2, 0.25) is 0 Å². The lowest BCUT2D eigenvalue weighted by atomic mass is 10.1. The van der Waals surface area contributed by atoms with Gasteiger partial charge >= 0.3 is 0 Å². The molecule has 0 aliphatic heterocycles. The highest BCUT2D eigenvalue weighted by Gasteiger charge is 2.18. The molecule has 29 heavy (non-hydrogen) atoms. The Bertz CT molecular complexity index is 1120. The number of ether oxygens (including phenoxy) is 3. The molecule has 3 heterocycles. The van der Waals surface area contributed by atoms with E-state index in [2.05, 4.69) is 9.97 Å². The van der Waals surface area contributed by atoms with E-state index in [1.807, 2.05) is 12.1 Å². The van der Waals surface area contributed by atoms with Crippen LogP contribution in [0, 0.1) is 0 Å². The average molecular weight is 410 g/mol. The van der Waals surface area contributed by atoms with Crippen LogP contribution < -0.4 is 14.2 Å². The molecular weight excluding hydrogens is 392 g/mol. The van der Waals surface area contributed by atoms with E-state index >= 15 is 0 Å². The van der Waals surface area contributed by atoms with Gasteiger partial charge in [0.1, 0.15) is 5.52 Å². The first-order valence-electron chi connectivity index (χ1n) is 8.75. The van der Waals surface area contributed by atoms with Crippen molar-refractivity contribution in [2.24, 2.45) is 0 Å². The van der Waals surface area contributed by atoms with E-state index in [0.29, 0.717) is 34.3 Å². The number of hydrogen-bond acceptors (Lipinski definition) is 8. The van der Waals surface area contributed by atoms with Crippen molar-refractivity contribution in [3.05, 3.63) is 53.2 Å². The van der Waals surface area contributed by atoms with E-state index in [1.54, 1.807) is 30.6 Å². The van der Waals surface area contributed by atoms with Gasteiger partial charge in [-0.05, 0) is 30.3 Å². The molecule has 0 saturated carbocycles. The third-order valence-corrected chi connectivity index (χ3v) is 5.46. The molecule has 0 bridgehead atoms. The molecule has 0 radical (unpaired) electrons. The molecule has 148 valence electrons. The van der Waals surface area contributed by atoms with Gasteiger partial charge in [0.15, 0.2) is 22.9 Å². The van der Waals surface area contributed by atoms with Gasteiger partial charge in [0.05, 0.1) is 32.4 Å². The van der Waals surface area contributed by atoms with Crippen molar-refractivity contribution in [1.82, 2.24) is 9.97 Å². The molecule has 4 rings (SSSR count). The Hall–Kier alpha value is -3.39. The van der Waals surface area contributed by atoms with Crippen LogP contribution in [0.4, 0.5) is 0 Å². The number of oxazole rings is 1. The first-order chi connectivity index (χ1) is 14.1. The maximum Gasteiger partial charge on any atom is 0.237 e. The summed E-state index contributed by atoms with van der Waals surface area (Å²) in [7, 11) is 4.57. The molecular formula is C21H18N2O5S. The van der Waals surface area contributed by atoms with Gasteiger partial charge in [0.25, 0.3) is 0 Å². The Morgan fingerprint density at radius 1 is 1.07 bits per heavy atom. The van der Waals surface area contributed by atoms with Gasteiger partial charge in [-0.3, -0.25) is 9.78 Å². The zero-order valence-corrected chi connectivity index (χ0v) is 16.9. The second kappa shape index (κ2) is 7.92. The SMILES string of the molecule is COc1cc(C(=O)Cc2ccc(-c3nc4ccncc4o3)s2)cc(OC)c1OC. The summed E-state index contributed by atoms with van der Waals surface area (Å²) in [6, 6.07) is 8.92. The summed E-state index contributed by atoms with van der Waals surface area (Å²) in [5.41, 5.74) is 1.87. The number of benzene rings is 1. The number of carbonyl (C=O) groups excluding carboxylic acids is 1. The van der Waals surface area contributed by atoms with Crippen LogP contribution in [-0.2, 0) is 6.42 Å². The molecule has 0 spiro atoms. The predicted molar refractivity (Wildman–Crippen MR) is 109 cm³/mol. The van der Waals surface area contributed by atoms with Gasteiger partial charge in [0.2, 0.25) is 11.6 Å². The summed E-state index contributed by atoms with van der Waals surface area (Å²) in [4.78, 5) is 23.1. The molecule has 0 fully saturated rings. The van der Waals surface area contributed by atoms with Crippen molar-refractivity contribution in [3.63, 3.8) is 0 Å². The average Bonchev–Trinajstić information content (AvgIpc) is 3.39. The molecule has 7 nitrogen and oxygen atoms in total. The van der Waals surface area contributed by atoms with Crippen molar-refractivity contribution in [1.29, 1.82) is 0 Å². The van der Waals surface area contributed by atoms with E-state index in [1.165, 1.54) is 32.7 Å². The number of carbonyl (C=O) groups is 1. The predicted octanol–water partition coefficient (Wildman–Crippen LogP) is 4.40. The number of pyridine rings is 1. The zero-order valence-electron chi connectivity index (χ0n) is 16.1. The number of aromatic nitrogens is 2. The number of fused-ring (bicyclic) bond motifs is 1. The Labute approximate surface area is 170 Å². The summed E-state index contributed by atoms with van der Waals surface area (Å²) in [6.07, 6.45) is 3.55. The first-order valence-corrected chi connectivity index (χ1v) is 9.57. The van der Waals surface area contributed by atoms with Crippen molar-refractivity contribution in [3.8, 4) is 28.0 Å². The highest BCUT2D eigenvalue weighted by atomic mass is 32.1. The third-order valence-electron chi connectivity index (χ3n) is 4.39. The lowest BCUT2D eigenvalue weighted by molar-refractivity contribution is 0.0993. The van der Waals surface area contributed by atoms with Gasteiger partial charge in [-0.1, -0.05) is 0 Å². The van der Waals surface area contributed by atoms with Crippen molar-refractivity contribution < 1.29 is 23.4 Å². The lowest BCUT2D eigenvalue weighted by Gasteiger charge is -2.13. The fourth-order valence-corrected chi connectivity index (χ4v) is 3.91. The molecule has 0 atom stereocenters. The van der Waals surface area contributed by atoms with Crippen LogP contribution in [0.1, 0.15) is 15.2 Å². The fraction of sp³-hybridized carbons (Fsp3) is 0.190. The summed E-state index contributed by atoms with van der Waals surface area (Å²) >= 11 is 1.47. The summed E-state index contributed by atoms with van der Waals surface area (Å²) in [5, 5.41) is 0. The largest absolute Gasteiger partial charge is 0.493 e. The van der Waals surface area contributed by atoms with Gasteiger partial charge in [0, 0.05) is 23.1 Å². The van der Waals surface area contributed by atoms with Gasteiger partial charge < -0.3 is 18.6 Å². The second-order valence-corrected chi connectivity index (χ2v) is 7.31. The number of Topliss-reactive ketones (excluding diaryl/α,β-unsaturated/α-hetero) is 1. The monoisotopic (exact) mass is 410 g/mol. The molecule has 8 heteroatoms. The van der Waals surface area contributed by atoms with E-state index in [-0.39, 0.29) is 12.2 Å². The molecule has 0 amide bonds. The maximum atomic E-state index is 12.8. The summed E-state index contributed by atoms with van der Waals surface area (Å²) in [6.45, 7) is 0. The lowest BCUT2D eigenvalue weighted by Crippen LogP contribution is -2.04. The maximum absolute atomic E-state index is 12.8. The summed E-state index contributed by atoms with van der Waals surface area (Å²) in [5.74, 6) is 1.81. The molecule has 0 N–H and O–H groups in total. The number of thiophene rings is 1. The number of rotatable bonds is 7. The molecule has 0 aliphatic rings. The molecule has 0 unspecified atom stereocenters. The van der Waals surface area contributed by atoms with E-state index in [0.717, 1.165) is 15.3 Å². The van der Waals surface area contributed by atoms with Crippen LogP contribution >= 0.6 is 11.3 Å². The van der Waals surface area contributed by atoms with Crippen molar-refractivity contribution in [2.45, 2.75) is 6.42 Å². The highest BCUT2D eigenvalue weighted by molar-refractivity contribution is 7.15. The minimum Gasteiger partial charge on any atom is -0.493 e. The smallest absolute Gasteiger partial charge is 0.237 e. The topological polar surface area (TPSA) is 83.7 Å². The first kappa shape index (κ1) is 18.9. The minimum atomic E-state index is -0.0561.